The molecule has 1 heterocycles. The molecule has 3 aromatic rings. The number of nitrogens with zero attached hydrogens (tertiary/aromatic N) is 2. The standard InChI is InChI=1S/C16H11ClN4/c17-13-7-10(8-18)1-3-16(13)21-15-4-2-14(19)12-9-20-6-5-11(12)15/h1-7,9,21H,19H2. The quantitative estimate of drug-likeness (QED) is 0.698. The monoisotopic (exact) mass is 294 g/mol. The molecule has 0 saturated carbocycles. The molecule has 2 aromatic carbocycles. The molecule has 0 atom stereocenters. The van der Waals surface area contributed by atoms with Gasteiger partial charge in [0.1, 0.15) is 0 Å². The van der Waals surface area contributed by atoms with Crippen LogP contribution >= 0.6 is 11.6 Å². The molecule has 0 aliphatic rings. The highest BCUT2D eigenvalue weighted by molar-refractivity contribution is 6.33. The smallest absolute Gasteiger partial charge is 0.0992 e. The van der Waals surface area contributed by atoms with Crippen LogP contribution < -0.4 is 11.1 Å². The first-order valence-corrected chi connectivity index (χ1v) is 6.66. The highest BCUT2D eigenvalue weighted by Gasteiger charge is 2.07. The second-order valence-electron chi connectivity index (χ2n) is 4.56. The van der Waals surface area contributed by atoms with E-state index in [2.05, 4.69) is 16.4 Å². The lowest BCUT2D eigenvalue weighted by Gasteiger charge is -2.12. The molecular formula is C16H11ClN4. The van der Waals surface area contributed by atoms with Gasteiger partial charge in [0.15, 0.2) is 0 Å². The molecule has 0 spiro atoms. The van der Waals surface area contributed by atoms with E-state index in [0.717, 1.165) is 22.1 Å². The van der Waals surface area contributed by atoms with Gasteiger partial charge in [0.2, 0.25) is 0 Å². The Morgan fingerprint density at radius 1 is 1.10 bits per heavy atom. The third-order valence-corrected chi connectivity index (χ3v) is 3.53. The lowest BCUT2D eigenvalue weighted by Crippen LogP contribution is -1.95. The first-order valence-electron chi connectivity index (χ1n) is 6.28. The van der Waals surface area contributed by atoms with Crippen molar-refractivity contribution in [2.24, 2.45) is 0 Å². The summed E-state index contributed by atoms with van der Waals surface area (Å²) in [5.41, 5.74) is 8.77. The molecule has 21 heavy (non-hydrogen) atoms. The summed E-state index contributed by atoms with van der Waals surface area (Å²) < 4.78 is 0. The van der Waals surface area contributed by atoms with E-state index in [1.54, 1.807) is 30.6 Å². The van der Waals surface area contributed by atoms with Crippen LogP contribution in [0.15, 0.2) is 48.8 Å². The minimum absolute atomic E-state index is 0.494. The molecule has 0 amide bonds. The number of benzene rings is 2. The number of pyridine rings is 1. The largest absolute Gasteiger partial charge is 0.398 e. The maximum Gasteiger partial charge on any atom is 0.0992 e. The summed E-state index contributed by atoms with van der Waals surface area (Å²) in [4.78, 5) is 4.09. The normalized spacial score (nSPS) is 10.3. The van der Waals surface area contributed by atoms with Gasteiger partial charge in [-0.05, 0) is 36.4 Å². The van der Waals surface area contributed by atoms with E-state index in [1.165, 1.54) is 0 Å². The molecule has 0 bridgehead atoms. The Morgan fingerprint density at radius 3 is 2.67 bits per heavy atom. The highest BCUT2D eigenvalue weighted by Crippen LogP contribution is 2.32. The predicted octanol–water partition coefficient (Wildman–Crippen LogP) is 4.09. The lowest BCUT2D eigenvalue weighted by molar-refractivity contribution is 1.36. The number of rotatable bonds is 2. The minimum atomic E-state index is 0.494. The molecule has 0 aliphatic carbocycles. The molecule has 3 rings (SSSR count). The van der Waals surface area contributed by atoms with E-state index in [0.29, 0.717) is 16.3 Å². The number of aromatic nitrogens is 1. The zero-order valence-electron chi connectivity index (χ0n) is 11.0. The highest BCUT2D eigenvalue weighted by atomic mass is 35.5. The molecule has 4 nitrogen and oxygen atoms in total. The Labute approximate surface area is 126 Å². The maximum atomic E-state index is 8.86. The molecule has 0 aliphatic heterocycles. The lowest BCUT2D eigenvalue weighted by atomic mass is 10.1. The van der Waals surface area contributed by atoms with Crippen molar-refractivity contribution in [2.45, 2.75) is 0 Å². The number of anilines is 3. The van der Waals surface area contributed by atoms with E-state index in [9.17, 15) is 0 Å². The Bertz CT molecular complexity index is 868. The van der Waals surface area contributed by atoms with Crippen molar-refractivity contribution in [2.75, 3.05) is 11.1 Å². The second-order valence-corrected chi connectivity index (χ2v) is 4.96. The summed E-state index contributed by atoms with van der Waals surface area (Å²) in [6.45, 7) is 0. The summed E-state index contributed by atoms with van der Waals surface area (Å²) in [6.07, 6.45) is 3.45. The first kappa shape index (κ1) is 13.2. The average Bonchev–Trinajstić information content (AvgIpc) is 2.52. The molecule has 0 saturated heterocycles. The van der Waals surface area contributed by atoms with Crippen molar-refractivity contribution in [3.63, 3.8) is 0 Å². The fraction of sp³-hybridized carbons (Fsp3) is 0. The van der Waals surface area contributed by atoms with Gasteiger partial charge in [-0.2, -0.15) is 5.26 Å². The van der Waals surface area contributed by atoms with E-state index in [1.807, 2.05) is 18.2 Å². The van der Waals surface area contributed by atoms with Crippen molar-refractivity contribution in [1.82, 2.24) is 4.98 Å². The van der Waals surface area contributed by atoms with Crippen LogP contribution in [0.2, 0.25) is 5.02 Å². The summed E-state index contributed by atoms with van der Waals surface area (Å²) >= 11 is 6.19. The van der Waals surface area contributed by atoms with Crippen LogP contribution in [0.5, 0.6) is 0 Å². The van der Waals surface area contributed by atoms with Crippen LogP contribution in [0.1, 0.15) is 5.56 Å². The molecular weight excluding hydrogens is 284 g/mol. The zero-order valence-corrected chi connectivity index (χ0v) is 11.7. The molecule has 0 fully saturated rings. The number of halogens is 1. The number of fused-ring (bicyclic) bond motifs is 1. The Hall–Kier alpha value is -2.77. The molecule has 1 aromatic heterocycles. The first-order chi connectivity index (χ1) is 10.2. The van der Waals surface area contributed by atoms with E-state index < -0.39 is 0 Å². The number of nitrogens with one attached hydrogen (secondary N) is 1. The van der Waals surface area contributed by atoms with Gasteiger partial charge < -0.3 is 11.1 Å². The molecule has 3 N–H and O–H groups in total. The van der Waals surface area contributed by atoms with Crippen molar-refractivity contribution in [3.05, 3.63) is 59.4 Å². The van der Waals surface area contributed by atoms with Crippen LogP contribution in [0.4, 0.5) is 17.1 Å². The summed E-state index contributed by atoms with van der Waals surface area (Å²) in [7, 11) is 0. The second kappa shape index (κ2) is 5.31. The number of nitrogens with two attached hydrogens (primary N) is 1. The molecule has 5 heteroatoms. The van der Waals surface area contributed by atoms with Crippen molar-refractivity contribution < 1.29 is 0 Å². The van der Waals surface area contributed by atoms with Crippen molar-refractivity contribution in [1.29, 1.82) is 5.26 Å². The summed E-state index contributed by atoms with van der Waals surface area (Å²) in [5, 5.41) is 14.5. The third kappa shape index (κ3) is 2.47. The fourth-order valence-corrected chi connectivity index (χ4v) is 2.38. The summed E-state index contributed by atoms with van der Waals surface area (Å²) in [5.74, 6) is 0. The minimum Gasteiger partial charge on any atom is -0.398 e. The van der Waals surface area contributed by atoms with Crippen LogP contribution in [-0.4, -0.2) is 4.98 Å². The van der Waals surface area contributed by atoms with Crippen molar-refractivity contribution >= 4 is 39.4 Å². The Morgan fingerprint density at radius 2 is 1.90 bits per heavy atom. The topological polar surface area (TPSA) is 74.7 Å². The van der Waals surface area contributed by atoms with Crippen molar-refractivity contribution in [3.8, 4) is 6.07 Å². The molecule has 0 unspecified atom stereocenters. The fourth-order valence-electron chi connectivity index (χ4n) is 2.15. The number of hydrogen-bond donors (Lipinski definition) is 2. The van der Waals surface area contributed by atoms with Gasteiger partial charge >= 0.3 is 0 Å². The van der Waals surface area contributed by atoms with Gasteiger partial charge in [-0.15, -0.1) is 0 Å². The van der Waals surface area contributed by atoms with Gasteiger partial charge in [-0.1, -0.05) is 11.6 Å². The van der Waals surface area contributed by atoms with Crippen LogP contribution in [0.3, 0.4) is 0 Å². The van der Waals surface area contributed by atoms with E-state index in [-0.39, 0.29) is 0 Å². The third-order valence-electron chi connectivity index (χ3n) is 3.22. The van der Waals surface area contributed by atoms with Crippen LogP contribution in [0.25, 0.3) is 10.8 Å². The predicted molar refractivity (Wildman–Crippen MR) is 85.6 cm³/mol. The van der Waals surface area contributed by atoms with Gasteiger partial charge in [0.25, 0.3) is 0 Å². The maximum absolute atomic E-state index is 8.86. The zero-order chi connectivity index (χ0) is 14.8. The van der Waals surface area contributed by atoms with E-state index in [4.69, 9.17) is 22.6 Å². The Balaban J connectivity index is 2.07. The van der Waals surface area contributed by atoms with Crippen LogP contribution in [-0.2, 0) is 0 Å². The van der Waals surface area contributed by atoms with Crippen LogP contribution in [0, 0.1) is 11.3 Å². The van der Waals surface area contributed by atoms with Gasteiger partial charge in [-0.3, -0.25) is 4.98 Å². The van der Waals surface area contributed by atoms with Gasteiger partial charge in [-0.25, -0.2) is 0 Å². The molecule has 102 valence electrons. The van der Waals surface area contributed by atoms with Gasteiger partial charge in [0, 0.05) is 34.5 Å². The van der Waals surface area contributed by atoms with Gasteiger partial charge in [0.05, 0.1) is 22.3 Å². The average molecular weight is 295 g/mol. The number of hydrogen-bond acceptors (Lipinski definition) is 4. The molecule has 0 radical (unpaired) electrons. The number of nitrogen functional groups attached to an aromatic ring is 1. The number of nitriles is 1. The SMILES string of the molecule is N#Cc1ccc(Nc2ccc(N)c3cnccc23)c(Cl)c1. The van der Waals surface area contributed by atoms with E-state index >= 15 is 0 Å². The summed E-state index contributed by atoms with van der Waals surface area (Å²) in [6, 6.07) is 12.8. The Kier molecular flexibility index (Phi) is 3.35.